The highest BCUT2D eigenvalue weighted by Crippen LogP contribution is 2.61. The van der Waals surface area contributed by atoms with E-state index < -0.39 is 41.6 Å². The number of halogens is 1. The monoisotopic (exact) mass is 592 g/mol. The van der Waals surface area contributed by atoms with Crippen LogP contribution in [0.1, 0.15) is 33.6 Å². The van der Waals surface area contributed by atoms with E-state index in [2.05, 4.69) is 22.5 Å². The van der Waals surface area contributed by atoms with E-state index in [9.17, 15) is 19.5 Å². The van der Waals surface area contributed by atoms with Crippen LogP contribution < -0.4 is 9.64 Å². The maximum atomic E-state index is 14.6. The number of esters is 1. The van der Waals surface area contributed by atoms with Gasteiger partial charge in [0.2, 0.25) is 5.91 Å². The fourth-order valence-electron chi connectivity index (χ4n) is 6.39. The van der Waals surface area contributed by atoms with E-state index in [1.165, 1.54) is 4.90 Å². The van der Waals surface area contributed by atoms with Crippen molar-refractivity contribution in [2.75, 3.05) is 31.8 Å². The van der Waals surface area contributed by atoms with E-state index in [-0.39, 0.29) is 42.3 Å². The molecule has 3 saturated heterocycles. The largest absolute Gasteiger partial charge is 0.497 e. The Kier molecular flexibility index (Phi) is 8.54. The first kappa shape index (κ1) is 28.6. The molecule has 3 fully saturated rings. The van der Waals surface area contributed by atoms with Gasteiger partial charge in [-0.2, -0.15) is 0 Å². The third-order valence-electron chi connectivity index (χ3n) is 8.33. The summed E-state index contributed by atoms with van der Waals surface area (Å²) in [6, 6.07) is 5.40. The predicted molar refractivity (Wildman–Crippen MR) is 145 cm³/mol. The summed E-state index contributed by atoms with van der Waals surface area (Å²) in [6.45, 7) is 9.52. The number of methoxy groups -OCH3 is 1. The lowest BCUT2D eigenvalue weighted by Gasteiger charge is -2.41. The van der Waals surface area contributed by atoms with Crippen molar-refractivity contribution < 1.29 is 33.7 Å². The van der Waals surface area contributed by atoms with Gasteiger partial charge in [-0.25, -0.2) is 0 Å². The van der Waals surface area contributed by atoms with Gasteiger partial charge in [-0.3, -0.25) is 14.4 Å². The van der Waals surface area contributed by atoms with Crippen LogP contribution in [0.25, 0.3) is 0 Å². The third kappa shape index (κ3) is 4.44. The maximum absolute atomic E-state index is 14.6. The van der Waals surface area contributed by atoms with E-state index in [1.54, 1.807) is 49.3 Å². The van der Waals surface area contributed by atoms with Gasteiger partial charge in [0, 0.05) is 17.1 Å². The number of anilines is 1. The number of hydrogen-bond acceptors (Lipinski definition) is 7. The van der Waals surface area contributed by atoms with Crippen molar-refractivity contribution in [3.63, 3.8) is 0 Å². The molecule has 9 nitrogen and oxygen atoms in total. The summed E-state index contributed by atoms with van der Waals surface area (Å²) in [5, 5.41) is 10.5. The lowest BCUT2D eigenvalue weighted by atomic mass is 9.70. The van der Waals surface area contributed by atoms with Crippen LogP contribution in [-0.2, 0) is 23.9 Å². The zero-order valence-electron chi connectivity index (χ0n) is 22.3. The van der Waals surface area contributed by atoms with Gasteiger partial charge in [-0.1, -0.05) is 42.3 Å². The number of benzene rings is 1. The standard InChI is InChI=1S/C28H37BrN2O7/c1-6-13-30(17-9-11-18(36-5)12-10-17)26(34)24-28-14-19(29)23(38-28)21(27(35)37-8-3)22(28)25(33)31(24)20(15-32)16(4)7-2/h6,9-12,16,19-24,32H,1,7-8,13-15H2,2-5H3/t16-,19?,20-,21-,22-,23-,24?,28?/m0/s1. The van der Waals surface area contributed by atoms with Crippen LogP contribution in [0.2, 0.25) is 0 Å². The number of rotatable bonds is 11. The summed E-state index contributed by atoms with van der Waals surface area (Å²) in [5.74, 6) is -2.38. The van der Waals surface area contributed by atoms with E-state index in [4.69, 9.17) is 14.2 Å². The number of carbonyl (C=O) groups is 3. The molecule has 1 aromatic rings. The normalized spacial score (nSPS) is 31.1. The topological polar surface area (TPSA) is 106 Å². The van der Waals surface area contributed by atoms with E-state index in [0.717, 1.165) is 0 Å². The Balaban J connectivity index is 1.85. The minimum absolute atomic E-state index is 0.0960. The number of fused-ring (bicyclic) bond motifs is 1. The first-order valence-electron chi connectivity index (χ1n) is 13.2. The Hall–Kier alpha value is -2.43. The second-order valence-electron chi connectivity index (χ2n) is 10.2. The fourth-order valence-corrected chi connectivity index (χ4v) is 7.33. The molecule has 4 rings (SSSR count). The summed E-state index contributed by atoms with van der Waals surface area (Å²) in [6.07, 6.45) is 2.09. The van der Waals surface area contributed by atoms with Crippen LogP contribution in [0.5, 0.6) is 5.75 Å². The van der Waals surface area contributed by atoms with Gasteiger partial charge in [0.1, 0.15) is 17.4 Å². The lowest BCUT2D eigenvalue weighted by Crippen LogP contribution is -2.60. The summed E-state index contributed by atoms with van der Waals surface area (Å²) in [4.78, 5) is 44.8. The Morgan fingerprint density at radius 3 is 2.58 bits per heavy atom. The van der Waals surface area contributed by atoms with Gasteiger partial charge in [0.05, 0.1) is 44.3 Å². The molecular weight excluding hydrogens is 556 g/mol. The number of nitrogens with zero attached hydrogens (tertiary/aromatic N) is 2. The van der Waals surface area contributed by atoms with Gasteiger partial charge in [-0.05, 0) is 43.5 Å². The molecule has 10 heteroatoms. The predicted octanol–water partition coefficient (Wildman–Crippen LogP) is 2.93. The van der Waals surface area contributed by atoms with Crippen LogP contribution in [0.4, 0.5) is 5.69 Å². The first-order chi connectivity index (χ1) is 18.2. The molecule has 3 unspecified atom stereocenters. The summed E-state index contributed by atoms with van der Waals surface area (Å²) >= 11 is 3.66. The average molecular weight is 594 g/mol. The van der Waals surface area contributed by atoms with Crippen molar-refractivity contribution in [3.05, 3.63) is 36.9 Å². The highest BCUT2D eigenvalue weighted by atomic mass is 79.9. The molecule has 38 heavy (non-hydrogen) atoms. The zero-order chi connectivity index (χ0) is 27.8. The molecule has 3 aliphatic heterocycles. The highest BCUT2D eigenvalue weighted by Gasteiger charge is 2.77. The van der Waals surface area contributed by atoms with Crippen LogP contribution in [-0.4, -0.2) is 83.3 Å². The molecule has 1 spiro atoms. The summed E-state index contributed by atoms with van der Waals surface area (Å²) in [5.41, 5.74) is -0.631. The van der Waals surface area contributed by atoms with E-state index >= 15 is 0 Å². The second kappa shape index (κ2) is 11.4. The van der Waals surface area contributed by atoms with Gasteiger partial charge in [0.25, 0.3) is 5.91 Å². The van der Waals surface area contributed by atoms with Crippen molar-refractivity contribution in [3.8, 4) is 5.75 Å². The summed E-state index contributed by atoms with van der Waals surface area (Å²) in [7, 11) is 1.57. The molecule has 2 amide bonds. The van der Waals surface area contributed by atoms with E-state index in [1.807, 2.05) is 13.8 Å². The van der Waals surface area contributed by atoms with Crippen molar-refractivity contribution in [2.24, 2.45) is 17.8 Å². The molecule has 0 aliphatic carbocycles. The first-order valence-corrected chi connectivity index (χ1v) is 14.1. The molecule has 0 aromatic heterocycles. The van der Waals surface area contributed by atoms with Crippen molar-refractivity contribution >= 4 is 39.4 Å². The van der Waals surface area contributed by atoms with Gasteiger partial charge >= 0.3 is 5.97 Å². The quantitative estimate of drug-likeness (QED) is 0.239. The Bertz CT molecular complexity index is 1070. The molecule has 8 atom stereocenters. The lowest BCUT2D eigenvalue weighted by molar-refractivity contribution is -0.155. The molecule has 1 N–H and O–H groups in total. The Labute approximate surface area is 232 Å². The van der Waals surface area contributed by atoms with Crippen LogP contribution >= 0.6 is 15.9 Å². The Morgan fingerprint density at radius 2 is 2.03 bits per heavy atom. The zero-order valence-corrected chi connectivity index (χ0v) is 23.9. The van der Waals surface area contributed by atoms with Crippen molar-refractivity contribution in [1.82, 2.24) is 4.90 Å². The average Bonchev–Trinajstić information content (AvgIpc) is 3.51. The molecule has 208 valence electrons. The molecule has 2 bridgehead atoms. The van der Waals surface area contributed by atoms with Gasteiger partial charge in [-0.15, -0.1) is 6.58 Å². The molecular formula is C28H37BrN2O7. The van der Waals surface area contributed by atoms with Gasteiger partial charge in [0.15, 0.2) is 0 Å². The highest BCUT2D eigenvalue weighted by molar-refractivity contribution is 9.09. The number of amides is 2. The number of alkyl halides is 1. The second-order valence-corrected chi connectivity index (χ2v) is 11.4. The smallest absolute Gasteiger partial charge is 0.312 e. The maximum Gasteiger partial charge on any atom is 0.312 e. The van der Waals surface area contributed by atoms with Gasteiger partial charge < -0.3 is 29.1 Å². The number of aliphatic hydroxyl groups excluding tert-OH is 1. The molecule has 3 heterocycles. The number of hydrogen-bond donors (Lipinski definition) is 1. The fraction of sp³-hybridized carbons (Fsp3) is 0.607. The third-order valence-corrected chi connectivity index (χ3v) is 9.17. The van der Waals surface area contributed by atoms with Crippen LogP contribution in [0, 0.1) is 17.8 Å². The molecule has 0 saturated carbocycles. The van der Waals surface area contributed by atoms with Crippen LogP contribution in [0.15, 0.2) is 36.9 Å². The molecule has 0 radical (unpaired) electrons. The van der Waals surface area contributed by atoms with Crippen LogP contribution in [0.3, 0.4) is 0 Å². The molecule has 1 aromatic carbocycles. The van der Waals surface area contributed by atoms with Crippen molar-refractivity contribution in [2.45, 2.75) is 62.2 Å². The summed E-state index contributed by atoms with van der Waals surface area (Å²) < 4.78 is 17.2. The number of ether oxygens (including phenoxy) is 3. The minimum Gasteiger partial charge on any atom is -0.497 e. The van der Waals surface area contributed by atoms with E-state index in [0.29, 0.717) is 24.3 Å². The number of likely N-dealkylation sites (tertiary alicyclic amines) is 1. The SMILES string of the molecule is C=CCN(C(=O)C1N([C@@H](CO)[C@@H](C)CC)C(=O)[C@@H]2[C@H](C(=O)OCC)[C@H]3OC12CC3Br)c1ccc(OC)cc1. The minimum atomic E-state index is -1.24. The van der Waals surface area contributed by atoms with Crippen molar-refractivity contribution in [1.29, 1.82) is 0 Å². The number of carbonyl (C=O) groups excluding carboxylic acids is 3. The molecule has 3 aliphatic rings. The number of aliphatic hydroxyl groups is 1. The Morgan fingerprint density at radius 1 is 1.34 bits per heavy atom.